The van der Waals surface area contributed by atoms with E-state index in [1.54, 1.807) is 19.0 Å². The van der Waals surface area contributed by atoms with Gasteiger partial charge in [0.2, 0.25) is 0 Å². The van der Waals surface area contributed by atoms with Gasteiger partial charge in [-0.1, -0.05) is 0 Å². The number of nitrogens with zero attached hydrogens (tertiary/aromatic N) is 4. The molecule has 1 aromatic rings. The fourth-order valence-electron chi connectivity index (χ4n) is 1.40. The molecule has 0 aliphatic heterocycles. The number of anilines is 2. The van der Waals surface area contributed by atoms with E-state index in [4.69, 9.17) is 11.0 Å². The van der Waals surface area contributed by atoms with Crippen LogP contribution in [-0.2, 0) is 11.3 Å². The third-order valence-corrected chi connectivity index (χ3v) is 2.22. The molecule has 17 heavy (non-hydrogen) atoms. The number of methoxy groups -OCH3 is 1. The van der Waals surface area contributed by atoms with Crippen molar-refractivity contribution in [3.8, 4) is 6.07 Å². The minimum Gasteiger partial charge on any atom is -0.465 e. The quantitative estimate of drug-likeness (QED) is 0.753. The third kappa shape index (κ3) is 2.47. The molecule has 0 radical (unpaired) electrons. The van der Waals surface area contributed by atoms with E-state index in [0.29, 0.717) is 12.4 Å². The molecule has 7 heteroatoms. The van der Waals surface area contributed by atoms with Crippen molar-refractivity contribution in [1.82, 2.24) is 9.78 Å². The molecular weight excluding hydrogens is 222 g/mol. The first-order valence-corrected chi connectivity index (χ1v) is 5.01. The van der Waals surface area contributed by atoms with Crippen molar-refractivity contribution >= 4 is 17.6 Å². The summed E-state index contributed by atoms with van der Waals surface area (Å²) < 4.78 is 6.10. The summed E-state index contributed by atoms with van der Waals surface area (Å²) in [5.74, 6) is 0.123. The SMILES string of the molecule is COC(=O)c1c(N(C)C)nn(CCC#N)c1N. The van der Waals surface area contributed by atoms with Crippen LogP contribution in [0.3, 0.4) is 0 Å². The highest BCUT2D eigenvalue weighted by Crippen LogP contribution is 2.24. The summed E-state index contributed by atoms with van der Waals surface area (Å²) in [6.07, 6.45) is 0.277. The average Bonchev–Trinajstić information content (AvgIpc) is 2.63. The molecule has 7 nitrogen and oxygen atoms in total. The van der Waals surface area contributed by atoms with Gasteiger partial charge in [0.25, 0.3) is 0 Å². The van der Waals surface area contributed by atoms with Crippen LogP contribution in [0.25, 0.3) is 0 Å². The van der Waals surface area contributed by atoms with Gasteiger partial charge in [0.05, 0.1) is 26.1 Å². The van der Waals surface area contributed by atoms with E-state index in [-0.39, 0.29) is 17.8 Å². The smallest absolute Gasteiger partial charge is 0.345 e. The molecule has 1 heterocycles. The molecule has 2 N–H and O–H groups in total. The lowest BCUT2D eigenvalue weighted by Gasteiger charge is -2.09. The topological polar surface area (TPSA) is 97.2 Å². The first kappa shape index (κ1) is 12.8. The Hall–Kier alpha value is -2.23. The highest BCUT2D eigenvalue weighted by molar-refractivity contribution is 5.99. The molecule has 0 aromatic carbocycles. The molecule has 0 saturated carbocycles. The number of hydrogen-bond donors (Lipinski definition) is 1. The van der Waals surface area contributed by atoms with Crippen LogP contribution in [0.1, 0.15) is 16.8 Å². The highest BCUT2D eigenvalue weighted by atomic mass is 16.5. The first-order chi connectivity index (χ1) is 8.02. The van der Waals surface area contributed by atoms with Gasteiger partial charge >= 0.3 is 5.97 Å². The van der Waals surface area contributed by atoms with Crippen molar-refractivity contribution in [3.63, 3.8) is 0 Å². The summed E-state index contributed by atoms with van der Waals surface area (Å²) in [5.41, 5.74) is 6.05. The minimum atomic E-state index is -0.533. The number of rotatable bonds is 4. The van der Waals surface area contributed by atoms with E-state index in [1.807, 2.05) is 6.07 Å². The second-order valence-electron chi connectivity index (χ2n) is 3.60. The van der Waals surface area contributed by atoms with Gasteiger partial charge in [-0.2, -0.15) is 10.4 Å². The second kappa shape index (κ2) is 5.21. The fraction of sp³-hybridized carbons (Fsp3) is 0.500. The molecule has 0 aliphatic rings. The number of hydrogen-bond acceptors (Lipinski definition) is 6. The van der Waals surface area contributed by atoms with Crippen molar-refractivity contribution in [2.75, 3.05) is 31.8 Å². The number of carbonyl (C=O) groups excluding carboxylic acids is 1. The zero-order valence-electron chi connectivity index (χ0n) is 10.1. The Bertz CT molecular complexity index is 458. The number of nitrogen functional groups attached to an aromatic ring is 1. The van der Waals surface area contributed by atoms with Crippen LogP contribution < -0.4 is 10.6 Å². The van der Waals surface area contributed by atoms with Crippen LogP contribution in [0.4, 0.5) is 11.6 Å². The van der Waals surface area contributed by atoms with Crippen LogP contribution in [0.5, 0.6) is 0 Å². The highest BCUT2D eigenvalue weighted by Gasteiger charge is 2.23. The number of ether oxygens (including phenoxy) is 1. The average molecular weight is 237 g/mol. The molecule has 0 amide bonds. The zero-order valence-corrected chi connectivity index (χ0v) is 10.1. The first-order valence-electron chi connectivity index (χ1n) is 5.01. The Kier molecular flexibility index (Phi) is 3.93. The van der Waals surface area contributed by atoms with Crippen LogP contribution in [0.2, 0.25) is 0 Å². The molecule has 92 valence electrons. The Labute approximate surface area is 99.4 Å². The number of esters is 1. The number of carbonyl (C=O) groups is 1. The van der Waals surface area contributed by atoms with E-state index in [0.717, 1.165) is 0 Å². The predicted octanol–water partition coefficient (Wildman–Crippen LogP) is 0.232. The molecule has 0 atom stereocenters. The van der Waals surface area contributed by atoms with Gasteiger partial charge in [-0.3, -0.25) is 0 Å². The van der Waals surface area contributed by atoms with Crippen LogP contribution in [-0.4, -0.2) is 37.0 Å². The molecule has 0 unspecified atom stereocenters. The molecule has 1 rings (SSSR count). The van der Waals surface area contributed by atoms with Gasteiger partial charge in [0.1, 0.15) is 11.4 Å². The lowest BCUT2D eigenvalue weighted by molar-refractivity contribution is 0.0602. The summed E-state index contributed by atoms with van der Waals surface area (Å²) in [5, 5.41) is 12.7. The van der Waals surface area contributed by atoms with Crippen molar-refractivity contribution < 1.29 is 9.53 Å². The van der Waals surface area contributed by atoms with E-state index in [9.17, 15) is 4.79 Å². The van der Waals surface area contributed by atoms with Crippen LogP contribution in [0, 0.1) is 11.3 Å². The Balaban J connectivity index is 3.21. The van der Waals surface area contributed by atoms with Crippen molar-refractivity contribution in [1.29, 1.82) is 5.26 Å². The van der Waals surface area contributed by atoms with Gasteiger partial charge in [0, 0.05) is 14.1 Å². The zero-order chi connectivity index (χ0) is 13.0. The standard InChI is InChI=1S/C10H15N5O2/c1-14(2)9-7(10(16)17-3)8(12)15(13-9)6-4-5-11/h4,6,12H2,1-3H3. The molecule has 0 spiro atoms. The lowest BCUT2D eigenvalue weighted by Crippen LogP contribution is -2.14. The molecule has 0 aliphatic carbocycles. The van der Waals surface area contributed by atoms with E-state index in [2.05, 4.69) is 9.84 Å². The number of nitrogens with two attached hydrogens (primary N) is 1. The molecule has 0 fully saturated rings. The normalized spacial score (nSPS) is 9.76. The maximum absolute atomic E-state index is 11.6. The van der Waals surface area contributed by atoms with E-state index in [1.165, 1.54) is 11.8 Å². The van der Waals surface area contributed by atoms with Crippen molar-refractivity contribution in [3.05, 3.63) is 5.56 Å². The Morgan fingerprint density at radius 3 is 2.76 bits per heavy atom. The van der Waals surface area contributed by atoms with E-state index < -0.39 is 5.97 Å². The number of aryl methyl sites for hydroxylation is 1. The van der Waals surface area contributed by atoms with Gasteiger partial charge in [-0.15, -0.1) is 0 Å². The summed E-state index contributed by atoms with van der Waals surface area (Å²) in [6.45, 7) is 0.347. The molecule has 0 saturated heterocycles. The van der Waals surface area contributed by atoms with Crippen molar-refractivity contribution in [2.24, 2.45) is 0 Å². The molecule has 0 bridgehead atoms. The molecular formula is C10H15N5O2. The summed E-state index contributed by atoms with van der Waals surface area (Å²) >= 11 is 0. The summed E-state index contributed by atoms with van der Waals surface area (Å²) in [6, 6.07) is 2.00. The van der Waals surface area contributed by atoms with E-state index >= 15 is 0 Å². The minimum absolute atomic E-state index is 0.218. The third-order valence-electron chi connectivity index (χ3n) is 2.22. The number of aromatic nitrogens is 2. The van der Waals surface area contributed by atoms with Crippen LogP contribution in [0.15, 0.2) is 0 Å². The van der Waals surface area contributed by atoms with Crippen molar-refractivity contribution in [2.45, 2.75) is 13.0 Å². The largest absolute Gasteiger partial charge is 0.465 e. The number of nitriles is 1. The monoisotopic (exact) mass is 237 g/mol. The van der Waals surface area contributed by atoms with Gasteiger partial charge in [0.15, 0.2) is 5.82 Å². The fourth-order valence-corrected chi connectivity index (χ4v) is 1.40. The van der Waals surface area contributed by atoms with Gasteiger partial charge < -0.3 is 15.4 Å². The van der Waals surface area contributed by atoms with Gasteiger partial charge in [-0.25, -0.2) is 9.48 Å². The Morgan fingerprint density at radius 1 is 1.65 bits per heavy atom. The second-order valence-corrected chi connectivity index (χ2v) is 3.60. The molecule has 1 aromatic heterocycles. The predicted molar refractivity (Wildman–Crippen MR) is 62.5 cm³/mol. The van der Waals surface area contributed by atoms with Gasteiger partial charge in [-0.05, 0) is 0 Å². The maximum Gasteiger partial charge on any atom is 0.345 e. The Morgan fingerprint density at radius 2 is 2.29 bits per heavy atom. The summed E-state index contributed by atoms with van der Waals surface area (Å²) in [4.78, 5) is 13.3. The maximum atomic E-state index is 11.6. The summed E-state index contributed by atoms with van der Waals surface area (Å²) in [7, 11) is 4.79. The lowest BCUT2D eigenvalue weighted by atomic mass is 10.3. The van der Waals surface area contributed by atoms with Crippen LogP contribution >= 0.6 is 0 Å².